The van der Waals surface area contributed by atoms with E-state index in [4.69, 9.17) is 0 Å². The number of nitrogens with one attached hydrogen (secondary N) is 1. The number of carbonyl (C=O) groups is 1. The molecule has 0 heterocycles. The second kappa shape index (κ2) is 5.14. The molecular weight excluding hydrogens is 152 g/mol. The van der Waals surface area contributed by atoms with Gasteiger partial charge in [-0.1, -0.05) is 13.8 Å². The lowest BCUT2D eigenvalue weighted by atomic mass is 10.2. The van der Waals surface area contributed by atoms with Crippen molar-refractivity contribution >= 4 is 5.91 Å². The molecular formula is C9H20N2O. The van der Waals surface area contributed by atoms with Crippen LogP contribution in [-0.4, -0.2) is 36.5 Å². The summed E-state index contributed by atoms with van der Waals surface area (Å²) in [7, 11) is 1.82. The summed E-state index contributed by atoms with van der Waals surface area (Å²) in [5.41, 5.74) is 0. The number of hydrogen-bond donors (Lipinski definition) is 1. The standard InChI is InChI=1S/C9H20N2O/c1-6-11(5)9(12)8(4)10-7(2)3/h7-8,10H,6H2,1-5H3. The first-order chi connectivity index (χ1) is 5.49. The molecule has 0 aromatic carbocycles. The zero-order valence-corrected chi connectivity index (χ0v) is 8.72. The van der Waals surface area contributed by atoms with Crippen LogP contribution in [0.1, 0.15) is 27.7 Å². The van der Waals surface area contributed by atoms with Gasteiger partial charge >= 0.3 is 0 Å². The largest absolute Gasteiger partial charge is 0.345 e. The zero-order chi connectivity index (χ0) is 9.72. The monoisotopic (exact) mass is 172 g/mol. The normalized spacial score (nSPS) is 13.2. The molecule has 0 bridgehead atoms. The number of amides is 1. The van der Waals surface area contributed by atoms with Gasteiger partial charge in [-0.3, -0.25) is 4.79 Å². The summed E-state index contributed by atoms with van der Waals surface area (Å²) < 4.78 is 0. The predicted octanol–water partition coefficient (Wildman–Crippen LogP) is 0.851. The van der Waals surface area contributed by atoms with Crippen LogP contribution in [0.5, 0.6) is 0 Å². The minimum atomic E-state index is -0.0741. The molecule has 12 heavy (non-hydrogen) atoms. The van der Waals surface area contributed by atoms with Crippen LogP contribution in [0.4, 0.5) is 0 Å². The number of carbonyl (C=O) groups excluding carboxylic acids is 1. The molecule has 0 saturated carbocycles. The summed E-state index contributed by atoms with van der Waals surface area (Å²) in [6.07, 6.45) is 0. The van der Waals surface area contributed by atoms with Crippen LogP contribution in [0.15, 0.2) is 0 Å². The number of hydrogen-bond acceptors (Lipinski definition) is 2. The fourth-order valence-corrected chi connectivity index (χ4v) is 1.06. The molecule has 0 spiro atoms. The van der Waals surface area contributed by atoms with Crippen molar-refractivity contribution in [1.29, 1.82) is 0 Å². The summed E-state index contributed by atoms with van der Waals surface area (Å²) in [4.78, 5) is 13.2. The average molecular weight is 172 g/mol. The highest BCUT2D eigenvalue weighted by molar-refractivity contribution is 5.81. The third-order valence-electron chi connectivity index (χ3n) is 1.80. The highest BCUT2D eigenvalue weighted by Gasteiger charge is 2.15. The van der Waals surface area contributed by atoms with Crippen molar-refractivity contribution in [3.8, 4) is 0 Å². The Kier molecular flexibility index (Phi) is 4.90. The summed E-state index contributed by atoms with van der Waals surface area (Å²) in [5.74, 6) is 0.159. The summed E-state index contributed by atoms with van der Waals surface area (Å²) >= 11 is 0. The van der Waals surface area contributed by atoms with E-state index < -0.39 is 0 Å². The van der Waals surface area contributed by atoms with E-state index >= 15 is 0 Å². The van der Waals surface area contributed by atoms with E-state index in [0.717, 1.165) is 6.54 Å². The summed E-state index contributed by atoms with van der Waals surface area (Å²) in [5, 5.41) is 3.17. The fraction of sp³-hybridized carbons (Fsp3) is 0.889. The molecule has 0 aromatic rings. The Morgan fingerprint density at radius 1 is 1.42 bits per heavy atom. The van der Waals surface area contributed by atoms with Gasteiger partial charge in [0.05, 0.1) is 6.04 Å². The second-order valence-electron chi connectivity index (χ2n) is 3.40. The topological polar surface area (TPSA) is 32.3 Å². The van der Waals surface area contributed by atoms with Crippen molar-refractivity contribution in [3.05, 3.63) is 0 Å². The lowest BCUT2D eigenvalue weighted by Gasteiger charge is -2.22. The predicted molar refractivity (Wildman–Crippen MR) is 51.0 cm³/mol. The van der Waals surface area contributed by atoms with Crippen LogP contribution >= 0.6 is 0 Å². The smallest absolute Gasteiger partial charge is 0.239 e. The van der Waals surface area contributed by atoms with E-state index in [1.807, 2.05) is 34.7 Å². The van der Waals surface area contributed by atoms with Crippen LogP contribution in [0.2, 0.25) is 0 Å². The maximum absolute atomic E-state index is 11.5. The molecule has 1 amide bonds. The number of nitrogens with zero attached hydrogens (tertiary/aromatic N) is 1. The first kappa shape index (κ1) is 11.4. The van der Waals surface area contributed by atoms with Gasteiger partial charge in [-0.15, -0.1) is 0 Å². The Morgan fingerprint density at radius 3 is 2.25 bits per heavy atom. The molecule has 0 aliphatic carbocycles. The van der Waals surface area contributed by atoms with Crippen LogP contribution in [0.25, 0.3) is 0 Å². The number of rotatable bonds is 4. The van der Waals surface area contributed by atoms with Crippen molar-refractivity contribution in [2.75, 3.05) is 13.6 Å². The summed E-state index contributed by atoms with van der Waals surface area (Å²) in [6, 6.07) is 0.282. The maximum atomic E-state index is 11.5. The van der Waals surface area contributed by atoms with Crippen molar-refractivity contribution in [1.82, 2.24) is 10.2 Å². The molecule has 0 aliphatic rings. The lowest BCUT2D eigenvalue weighted by Crippen LogP contribution is -2.45. The van der Waals surface area contributed by atoms with Gasteiger partial charge in [-0.25, -0.2) is 0 Å². The van der Waals surface area contributed by atoms with Gasteiger partial charge in [0.2, 0.25) is 5.91 Å². The number of likely N-dealkylation sites (N-methyl/N-ethyl adjacent to an activating group) is 1. The molecule has 3 nitrogen and oxygen atoms in total. The molecule has 0 saturated heterocycles. The second-order valence-corrected chi connectivity index (χ2v) is 3.40. The van der Waals surface area contributed by atoms with Gasteiger partial charge in [-0.2, -0.15) is 0 Å². The van der Waals surface area contributed by atoms with E-state index in [1.165, 1.54) is 0 Å². The minimum Gasteiger partial charge on any atom is -0.345 e. The Bertz CT molecular complexity index is 145. The SMILES string of the molecule is CCN(C)C(=O)C(C)NC(C)C. The van der Waals surface area contributed by atoms with Crippen molar-refractivity contribution in [2.24, 2.45) is 0 Å². The molecule has 0 rings (SSSR count). The Hall–Kier alpha value is -0.570. The lowest BCUT2D eigenvalue weighted by molar-refractivity contribution is -0.131. The molecule has 0 fully saturated rings. The third-order valence-corrected chi connectivity index (χ3v) is 1.80. The molecule has 72 valence electrons. The molecule has 1 atom stereocenters. The van der Waals surface area contributed by atoms with Gasteiger partial charge in [0.15, 0.2) is 0 Å². The van der Waals surface area contributed by atoms with E-state index in [0.29, 0.717) is 6.04 Å². The molecule has 1 unspecified atom stereocenters. The van der Waals surface area contributed by atoms with Gasteiger partial charge < -0.3 is 10.2 Å². The van der Waals surface area contributed by atoms with E-state index in [2.05, 4.69) is 5.32 Å². The molecule has 1 N–H and O–H groups in total. The van der Waals surface area contributed by atoms with Crippen molar-refractivity contribution < 1.29 is 4.79 Å². The van der Waals surface area contributed by atoms with E-state index in [-0.39, 0.29) is 11.9 Å². The van der Waals surface area contributed by atoms with Gasteiger partial charge in [0.25, 0.3) is 0 Å². The van der Waals surface area contributed by atoms with E-state index in [1.54, 1.807) is 4.90 Å². The van der Waals surface area contributed by atoms with Gasteiger partial charge in [-0.05, 0) is 13.8 Å². The van der Waals surface area contributed by atoms with Crippen LogP contribution in [0, 0.1) is 0 Å². The molecule has 0 aliphatic heterocycles. The van der Waals surface area contributed by atoms with Crippen LogP contribution < -0.4 is 5.32 Å². The van der Waals surface area contributed by atoms with Gasteiger partial charge in [0.1, 0.15) is 0 Å². The Balaban J connectivity index is 3.92. The molecule has 3 heteroatoms. The van der Waals surface area contributed by atoms with Crippen LogP contribution in [0.3, 0.4) is 0 Å². The van der Waals surface area contributed by atoms with E-state index in [9.17, 15) is 4.79 Å². The highest BCUT2D eigenvalue weighted by Crippen LogP contribution is 1.92. The first-order valence-electron chi connectivity index (χ1n) is 4.50. The average Bonchev–Trinajstić information content (AvgIpc) is 2.00. The highest BCUT2D eigenvalue weighted by atomic mass is 16.2. The molecule has 0 aromatic heterocycles. The van der Waals surface area contributed by atoms with Crippen LogP contribution in [-0.2, 0) is 4.79 Å². The van der Waals surface area contributed by atoms with Crippen molar-refractivity contribution in [3.63, 3.8) is 0 Å². The first-order valence-corrected chi connectivity index (χ1v) is 4.50. The molecule has 0 radical (unpaired) electrons. The maximum Gasteiger partial charge on any atom is 0.239 e. The third kappa shape index (κ3) is 3.72. The summed E-state index contributed by atoms with van der Waals surface area (Å²) in [6.45, 7) is 8.71. The fourth-order valence-electron chi connectivity index (χ4n) is 1.06. The Morgan fingerprint density at radius 2 is 1.92 bits per heavy atom. The minimum absolute atomic E-state index is 0.0741. The quantitative estimate of drug-likeness (QED) is 0.682. The van der Waals surface area contributed by atoms with Gasteiger partial charge in [0, 0.05) is 19.6 Å². The zero-order valence-electron chi connectivity index (χ0n) is 8.72. The Labute approximate surface area is 75.1 Å². The van der Waals surface area contributed by atoms with Crippen molar-refractivity contribution in [2.45, 2.75) is 39.8 Å².